The second kappa shape index (κ2) is 7.66. The summed E-state index contributed by atoms with van der Waals surface area (Å²) in [5, 5.41) is 18.6. The number of carbonyl (C=O) groups excluding carboxylic acids is 1. The quantitative estimate of drug-likeness (QED) is 0.452. The monoisotopic (exact) mass is 408 g/mol. The zero-order valence-electron chi connectivity index (χ0n) is 18.4. The Hall–Kier alpha value is -3.04. The minimum absolute atomic E-state index is 0.0894. The van der Waals surface area contributed by atoms with Gasteiger partial charge < -0.3 is 19.2 Å². The summed E-state index contributed by atoms with van der Waals surface area (Å²) in [6, 6.07) is 9.93. The van der Waals surface area contributed by atoms with Gasteiger partial charge in [0.25, 0.3) is 0 Å². The van der Waals surface area contributed by atoms with Crippen molar-refractivity contribution in [3.63, 3.8) is 0 Å². The summed E-state index contributed by atoms with van der Waals surface area (Å²) in [7, 11) is 1.94. The number of ether oxygens (including phenoxy) is 1. The molecule has 0 fully saturated rings. The van der Waals surface area contributed by atoms with E-state index in [0.29, 0.717) is 12.3 Å². The summed E-state index contributed by atoms with van der Waals surface area (Å²) in [6.45, 7) is 10.2. The third-order valence-corrected chi connectivity index (χ3v) is 5.25. The molecule has 30 heavy (non-hydrogen) atoms. The van der Waals surface area contributed by atoms with Crippen molar-refractivity contribution in [2.75, 3.05) is 25.1 Å². The topological polar surface area (TPSA) is 86.7 Å². The van der Waals surface area contributed by atoms with E-state index in [0.717, 1.165) is 28.1 Å². The lowest BCUT2D eigenvalue weighted by molar-refractivity contribution is -0.149. The van der Waals surface area contributed by atoms with Gasteiger partial charge in [-0.25, -0.2) is 4.79 Å². The Kier molecular flexibility index (Phi) is 5.53. The molecular weight excluding hydrogens is 380 g/mol. The van der Waals surface area contributed by atoms with E-state index < -0.39 is 11.6 Å². The first-order valence-electron chi connectivity index (χ1n) is 9.94. The van der Waals surface area contributed by atoms with Gasteiger partial charge in [0.2, 0.25) is 0 Å². The van der Waals surface area contributed by atoms with Gasteiger partial charge in [0.1, 0.15) is 28.8 Å². The van der Waals surface area contributed by atoms with Crippen LogP contribution in [0, 0.1) is 11.3 Å². The average Bonchev–Trinajstić information content (AvgIpc) is 3.16. The number of carbonyl (C=O) groups is 1. The molecule has 0 aliphatic heterocycles. The number of rotatable bonds is 5. The van der Waals surface area contributed by atoms with Gasteiger partial charge in [0.05, 0.1) is 6.61 Å². The van der Waals surface area contributed by atoms with Gasteiger partial charge in [-0.15, -0.1) is 0 Å². The summed E-state index contributed by atoms with van der Waals surface area (Å²) in [5.74, 6) is 0.527. The van der Waals surface area contributed by atoms with Crippen LogP contribution < -0.4 is 4.90 Å². The number of furan rings is 1. The normalized spacial score (nSPS) is 14.7. The predicted molar refractivity (Wildman–Crippen MR) is 116 cm³/mol. The molecule has 0 spiro atoms. The highest BCUT2D eigenvalue weighted by Crippen LogP contribution is 2.51. The number of aliphatic hydroxyl groups is 1. The zero-order valence-corrected chi connectivity index (χ0v) is 18.4. The fourth-order valence-corrected chi connectivity index (χ4v) is 3.67. The molecule has 0 bridgehead atoms. The predicted octanol–water partition coefficient (Wildman–Crippen LogP) is 4.26. The highest BCUT2D eigenvalue weighted by molar-refractivity contribution is 5.98. The average molecular weight is 408 g/mol. The highest BCUT2D eigenvalue weighted by Gasteiger charge is 2.39. The number of hydrogen-bond acceptors (Lipinski definition) is 6. The molecule has 0 saturated carbocycles. The lowest BCUT2D eigenvalue weighted by Crippen LogP contribution is -2.24. The van der Waals surface area contributed by atoms with E-state index in [-0.39, 0.29) is 17.6 Å². The Labute approximate surface area is 177 Å². The molecule has 1 heterocycles. The summed E-state index contributed by atoms with van der Waals surface area (Å²) in [4.78, 5) is 14.3. The smallest absolute Gasteiger partial charge is 0.349 e. The lowest BCUT2D eigenvalue weighted by atomic mass is 9.82. The number of likely N-dealkylation sites (N-methyl/N-ethyl adjacent to an activating group) is 1. The van der Waals surface area contributed by atoms with E-state index in [1.165, 1.54) is 6.08 Å². The van der Waals surface area contributed by atoms with Crippen molar-refractivity contribution in [2.24, 2.45) is 0 Å². The number of anilines is 1. The third kappa shape index (κ3) is 3.99. The molecule has 1 aliphatic rings. The largest absolute Gasteiger partial charge is 0.456 e. The number of nitriles is 1. The van der Waals surface area contributed by atoms with Gasteiger partial charge >= 0.3 is 5.97 Å². The van der Waals surface area contributed by atoms with Crippen LogP contribution in [0.4, 0.5) is 5.69 Å². The second-order valence-corrected chi connectivity index (χ2v) is 9.06. The molecule has 0 unspecified atom stereocenters. The van der Waals surface area contributed by atoms with E-state index in [1.54, 1.807) is 20.8 Å². The Morgan fingerprint density at radius 2 is 2.00 bits per heavy atom. The van der Waals surface area contributed by atoms with E-state index in [4.69, 9.17) is 9.15 Å². The number of benzene rings is 1. The van der Waals surface area contributed by atoms with Crippen LogP contribution in [0.5, 0.6) is 0 Å². The number of aliphatic hydroxyl groups excluding tert-OH is 1. The highest BCUT2D eigenvalue weighted by atomic mass is 16.6. The van der Waals surface area contributed by atoms with Crippen LogP contribution in [-0.2, 0) is 14.9 Å². The van der Waals surface area contributed by atoms with Crippen molar-refractivity contribution in [1.29, 1.82) is 5.26 Å². The minimum atomic E-state index is -0.681. The first-order valence-corrected chi connectivity index (χ1v) is 9.94. The molecule has 3 rings (SSSR count). The fourth-order valence-electron chi connectivity index (χ4n) is 3.67. The van der Waals surface area contributed by atoms with E-state index in [9.17, 15) is 15.2 Å². The molecule has 0 radical (unpaired) electrons. The maximum absolute atomic E-state index is 12.3. The summed E-state index contributed by atoms with van der Waals surface area (Å²) < 4.78 is 11.4. The van der Waals surface area contributed by atoms with E-state index in [1.807, 2.05) is 36.2 Å². The van der Waals surface area contributed by atoms with Gasteiger partial charge in [-0.3, -0.25) is 0 Å². The minimum Gasteiger partial charge on any atom is -0.456 e. The van der Waals surface area contributed by atoms with E-state index >= 15 is 0 Å². The van der Waals surface area contributed by atoms with Gasteiger partial charge in [0, 0.05) is 41.9 Å². The summed E-state index contributed by atoms with van der Waals surface area (Å²) in [5.41, 5.74) is 3.09. The Morgan fingerprint density at radius 1 is 1.30 bits per heavy atom. The van der Waals surface area contributed by atoms with Crippen molar-refractivity contribution < 1.29 is 19.1 Å². The second-order valence-electron chi connectivity index (χ2n) is 9.06. The molecule has 1 N–H and O–H groups in total. The van der Waals surface area contributed by atoms with Crippen LogP contribution in [0.3, 0.4) is 0 Å². The molecule has 0 saturated heterocycles. The number of esters is 1. The Balaban J connectivity index is 1.98. The molecule has 6 nitrogen and oxygen atoms in total. The zero-order chi connectivity index (χ0) is 22.3. The van der Waals surface area contributed by atoms with Crippen molar-refractivity contribution >= 4 is 17.7 Å². The molecule has 0 amide bonds. The SMILES string of the molecule is CN(CCO)c1ccc2c(c1)C(C)(C)c1cc(/C=C(\C#N)C(=O)OC(C)(C)C)oc1-2. The molecular formula is C24H28N2O4. The Bertz CT molecular complexity index is 1050. The van der Waals surface area contributed by atoms with Crippen LogP contribution in [0.2, 0.25) is 0 Å². The van der Waals surface area contributed by atoms with Crippen LogP contribution in [-0.4, -0.2) is 36.9 Å². The van der Waals surface area contributed by atoms with Crippen molar-refractivity contribution in [3.05, 3.63) is 46.7 Å². The maximum Gasteiger partial charge on any atom is 0.349 e. The van der Waals surface area contributed by atoms with Crippen LogP contribution in [0.1, 0.15) is 51.5 Å². The molecule has 1 aliphatic carbocycles. The third-order valence-electron chi connectivity index (χ3n) is 5.25. The van der Waals surface area contributed by atoms with Crippen LogP contribution in [0.15, 0.2) is 34.3 Å². The van der Waals surface area contributed by atoms with Gasteiger partial charge in [-0.2, -0.15) is 5.26 Å². The molecule has 158 valence electrons. The fraction of sp³-hybridized carbons (Fsp3) is 0.417. The Morgan fingerprint density at radius 3 is 2.60 bits per heavy atom. The molecule has 2 aromatic rings. The van der Waals surface area contributed by atoms with Crippen molar-refractivity contribution in [1.82, 2.24) is 0 Å². The van der Waals surface area contributed by atoms with Crippen molar-refractivity contribution in [3.8, 4) is 17.4 Å². The molecule has 1 aromatic heterocycles. The standard InChI is InChI=1S/C24H28N2O4/c1-23(2,3)30-22(28)15(14-25)11-17-13-20-21(29-17)18-8-7-16(26(6)9-10-27)12-19(18)24(20,4)5/h7-8,11-13,27H,9-10H2,1-6H3/b15-11+. The van der Waals surface area contributed by atoms with Gasteiger partial charge in [-0.05, 0) is 50.6 Å². The maximum atomic E-state index is 12.3. The van der Waals surface area contributed by atoms with Crippen LogP contribution in [0.25, 0.3) is 17.4 Å². The van der Waals surface area contributed by atoms with Gasteiger partial charge in [0.15, 0.2) is 0 Å². The molecule has 0 atom stereocenters. The number of nitrogens with zero attached hydrogens (tertiary/aromatic N) is 2. The number of hydrogen-bond donors (Lipinski definition) is 1. The molecule has 1 aromatic carbocycles. The lowest BCUT2D eigenvalue weighted by Gasteiger charge is -2.24. The first-order chi connectivity index (χ1) is 14.0. The summed E-state index contributed by atoms with van der Waals surface area (Å²) >= 11 is 0. The van der Waals surface area contributed by atoms with Crippen LogP contribution >= 0.6 is 0 Å². The first kappa shape index (κ1) is 21.7. The summed E-state index contributed by atoms with van der Waals surface area (Å²) in [6.07, 6.45) is 1.44. The molecule has 6 heteroatoms. The van der Waals surface area contributed by atoms with Crippen molar-refractivity contribution in [2.45, 2.75) is 45.6 Å². The number of fused-ring (bicyclic) bond motifs is 3. The van der Waals surface area contributed by atoms with E-state index in [2.05, 4.69) is 19.9 Å². The van der Waals surface area contributed by atoms with Gasteiger partial charge in [-0.1, -0.05) is 13.8 Å².